The second kappa shape index (κ2) is 10.2. The number of hydrogen-bond donors (Lipinski definition) is 3. The van der Waals surface area contributed by atoms with Gasteiger partial charge in [0.1, 0.15) is 24.7 Å². The number of carbonyl (C=O) groups is 4. The van der Waals surface area contributed by atoms with Crippen molar-refractivity contribution < 1.29 is 29.0 Å². The molecule has 0 aromatic heterocycles. The number of fused-ring (bicyclic) bond motifs is 3. The average Bonchev–Trinajstić information content (AvgIpc) is 3.46. The Balaban J connectivity index is 1.30. The molecule has 3 N–H and O–H groups in total. The summed E-state index contributed by atoms with van der Waals surface area (Å²) in [6, 6.07) is 13.2. The van der Waals surface area contributed by atoms with Gasteiger partial charge >= 0.3 is 12.1 Å². The molecule has 3 amide bonds. The van der Waals surface area contributed by atoms with E-state index in [2.05, 4.69) is 10.6 Å². The molecule has 1 heterocycles. The second-order valence-electron chi connectivity index (χ2n) is 8.95. The number of ether oxygens (including phenoxy) is 1. The number of nitrogens with one attached hydrogen (secondary N) is 2. The van der Waals surface area contributed by atoms with Crippen LogP contribution in [0.5, 0.6) is 0 Å². The summed E-state index contributed by atoms with van der Waals surface area (Å²) in [7, 11) is 0. The van der Waals surface area contributed by atoms with Crippen molar-refractivity contribution in [2.45, 2.75) is 50.7 Å². The van der Waals surface area contributed by atoms with Gasteiger partial charge in [-0.1, -0.05) is 48.5 Å². The van der Waals surface area contributed by atoms with Crippen LogP contribution in [0, 0.1) is 0 Å². The number of hydrogen-bond acceptors (Lipinski definition) is 5. The molecule has 1 saturated heterocycles. The van der Waals surface area contributed by atoms with E-state index >= 15 is 0 Å². The van der Waals surface area contributed by atoms with Crippen molar-refractivity contribution in [3.05, 3.63) is 59.7 Å². The van der Waals surface area contributed by atoms with Gasteiger partial charge in [-0.05, 0) is 48.9 Å². The Kier molecular flexibility index (Phi) is 7.04. The maximum absolute atomic E-state index is 12.6. The number of carboxylic acids is 1. The Hall–Kier alpha value is -3.88. The topological polar surface area (TPSA) is 125 Å². The first-order valence-corrected chi connectivity index (χ1v) is 11.7. The number of amides is 3. The minimum Gasteiger partial charge on any atom is -0.480 e. The van der Waals surface area contributed by atoms with Crippen molar-refractivity contribution in [3.63, 3.8) is 0 Å². The van der Waals surface area contributed by atoms with Crippen LogP contribution < -0.4 is 10.6 Å². The Morgan fingerprint density at radius 3 is 2.17 bits per heavy atom. The van der Waals surface area contributed by atoms with E-state index in [0.29, 0.717) is 19.4 Å². The summed E-state index contributed by atoms with van der Waals surface area (Å²) in [6.45, 7) is 3.44. The van der Waals surface area contributed by atoms with Crippen LogP contribution in [0.3, 0.4) is 0 Å². The predicted molar refractivity (Wildman–Crippen MR) is 128 cm³/mol. The Morgan fingerprint density at radius 1 is 0.971 bits per heavy atom. The summed E-state index contributed by atoms with van der Waals surface area (Å²) in [6.07, 6.45) is 0.254. The number of carboxylic acid groups (broad SMARTS) is 1. The molecular formula is C26H29N3O6. The summed E-state index contributed by atoms with van der Waals surface area (Å²) in [5.74, 6) is -2.18. The zero-order chi connectivity index (χ0) is 25.1. The molecule has 1 fully saturated rings. The minimum absolute atomic E-state index is 0.0995. The molecule has 1 aliphatic carbocycles. The minimum atomic E-state index is -1.06. The molecule has 0 spiro atoms. The number of rotatable bonds is 7. The quantitative estimate of drug-likeness (QED) is 0.560. The number of benzene rings is 2. The zero-order valence-corrected chi connectivity index (χ0v) is 19.7. The predicted octanol–water partition coefficient (Wildman–Crippen LogP) is 2.49. The van der Waals surface area contributed by atoms with Crippen molar-refractivity contribution in [2.24, 2.45) is 0 Å². The van der Waals surface area contributed by atoms with Gasteiger partial charge in [0, 0.05) is 12.5 Å². The molecule has 2 aromatic rings. The third kappa shape index (κ3) is 4.99. The van der Waals surface area contributed by atoms with Gasteiger partial charge < -0.3 is 25.4 Å². The van der Waals surface area contributed by atoms with E-state index in [9.17, 15) is 24.3 Å². The molecule has 0 radical (unpaired) electrons. The highest BCUT2D eigenvalue weighted by Crippen LogP contribution is 2.44. The van der Waals surface area contributed by atoms with Crippen molar-refractivity contribution in [3.8, 4) is 11.1 Å². The van der Waals surface area contributed by atoms with E-state index in [-0.39, 0.29) is 12.5 Å². The molecule has 35 heavy (non-hydrogen) atoms. The second-order valence-corrected chi connectivity index (χ2v) is 8.95. The first-order valence-electron chi connectivity index (χ1n) is 11.7. The van der Waals surface area contributed by atoms with E-state index in [1.807, 2.05) is 48.5 Å². The summed E-state index contributed by atoms with van der Waals surface area (Å²) in [5.41, 5.74) is 4.40. The highest BCUT2D eigenvalue weighted by molar-refractivity contribution is 5.92. The van der Waals surface area contributed by atoms with Gasteiger partial charge in [0.2, 0.25) is 11.8 Å². The lowest BCUT2D eigenvalue weighted by atomic mass is 9.98. The lowest BCUT2D eigenvalue weighted by Crippen LogP contribution is -2.54. The molecule has 2 aromatic carbocycles. The van der Waals surface area contributed by atoms with Crippen LogP contribution in [0.4, 0.5) is 4.79 Å². The molecule has 9 nitrogen and oxygen atoms in total. The van der Waals surface area contributed by atoms with Crippen molar-refractivity contribution in [1.29, 1.82) is 0 Å². The SMILES string of the molecule is C[C@@H](NC(=O)OCC1c2ccccc2-c2ccccc21)C(=O)N[C@H](C)C(=O)N1CCC[C@@H]1C(=O)O. The summed E-state index contributed by atoms with van der Waals surface area (Å²) in [5, 5.41) is 14.3. The maximum Gasteiger partial charge on any atom is 0.407 e. The van der Waals surface area contributed by atoms with Gasteiger partial charge in [-0.2, -0.15) is 0 Å². The fourth-order valence-corrected chi connectivity index (χ4v) is 4.82. The molecule has 0 unspecified atom stereocenters. The summed E-state index contributed by atoms with van der Waals surface area (Å²) >= 11 is 0. The average molecular weight is 480 g/mol. The monoisotopic (exact) mass is 479 g/mol. The summed E-state index contributed by atoms with van der Waals surface area (Å²) < 4.78 is 5.46. The van der Waals surface area contributed by atoms with Crippen LogP contribution in [0.15, 0.2) is 48.5 Å². The lowest BCUT2D eigenvalue weighted by molar-refractivity contribution is -0.149. The highest BCUT2D eigenvalue weighted by Gasteiger charge is 2.36. The third-order valence-corrected chi connectivity index (χ3v) is 6.62. The molecule has 3 atom stereocenters. The summed E-state index contributed by atoms with van der Waals surface area (Å²) in [4.78, 5) is 50.2. The third-order valence-electron chi connectivity index (χ3n) is 6.62. The van der Waals surface area contributed by atoms with E-state index in [1.54, 1.807) is 0 Å². The molecule has 4 rings (SSSR count). The van der Waals surface area contributed by atoms with Crippen LogP contribution in [0.25, 0.3) is 11.1 Å². The van der Waals surface area contributed by atoms with Gasteiger partial charge in [0.25, 0.3) is 0 Å². The fourth-order valence-electron chi connectivity index (χ4n) is 4.82. The molecule has 0 saturated carbocycles. The van der Waals surface area contributed by atoms with Crippen LogP contribution >= 0.6 is 0 Å². The molecule has 9 heteroatoms. The normalized spacial score (nSPS) is 18.2. The molecule has 2 aliphatic rings. The molecule has 1 aliphatic heterocycles. The molecular weight excluding hydrogens is 450 g/mol. The Morgan fingerprint density at radius 2 is 1.57 bits per heavy atom. The van der Waals surface area contributed by atoms with Crippen LogP contribution in [0.2, 0.25) is 0 Å². The number of aliphatic carboxylic acids is 1. The van der Waals surface area contributed by atoms with E-state index in [0.717, 1.165) is 22.3 Å². The number of likely N-dealkylation sites (tertiary alicyclic amines) is 1. The lowest BCUT2D eigenvalue weighted by Gasteiger charge is -2.26. The fraction of sp³-hybridized carbons (Fsp3) is 0.385. The zero-order valence-electron chi connectivity index (χ0n) is 19.7. The maximum atomic E-state index is 12.6. The van der Waals surface area contributed by atoms with Gasteiger partial charge in [-0.15, -0.1) is 0 Å². The highest BCUT2D eigenvalue weighted by atomic mass is 16.5. The van der Waals surface area contributed by atoms with Crippen LogP contribution in [0.1, 0.15) is 43.7 Å². The smallest absolute Gasteiger partial charge is 0.407 e. The van der Waals surface area contributed by atoms with Crippen molar-refractivity contribution in [1.82, 2.24) is 15.5 Å². The molecule has 0 bridgehead atoms. The first-order chi connectivity index (χ1) is 16.8. The van der Waals surface area contributed by atoms with Crippen molar-refractivity contribution >= 4 is 23.9 Å². The van der Waals surface area contributed by atoms with Crippen LogP contribution in [-0.2, 0) is 19.1 Å². The number of nitrogens with zero attached hydrogens (tertiary/aromatic N) is 1. The van der Waals surface area contributed by atoms with Crippen LogP contribution in [-0.4, -0.2) is 65.2 Å². The van der Waals surface area contributed by atoms with Gasteiger partial charge in [-0.3, -0.25) is 9.59 Å². The van der Waals surface area contributed by atoms with Gasteiger partial charge in [-0.25, -0.2) is 9.59 Å². The van der Waals surface area contributed by atoms with Crippen molar-refractivity contribution in [2.75, 3.05) is 13.2 Å². The standard InChI is InChI=1S/C26H29N3O6/c1-15(23(30)27-16(2)24(31)29-13-7-12-22(29)25(32)33)28-26(34)35-14-21-19-10-5-3-8-17(19)18-9-4-6-11-20(18)21/h3-6,8-11,15-16,21-22H,7,12-14H2,1-2H3,(H,27,30)(H,28,34)(H,32,33)/t15-,16-,22-/m1/s1. The van der Waals surface area contributed by atoms with E-state index in [4.69, 9.17) is 4.74 Å². The number of alkyl carbamates (subject to hydrolysis) is 1. The Labute approximate surface area is 203 Å². The Bertz CT molecular complexity index is 1100. The van der Waals surface area contributed by atoms with Gasteiger partial charge in [0.05, 0.1) is 0 Å². The van der Waals surface area contributed by atoms with Gasteiger partial charge in [0.15, 0.2) is 0 Å². The first kappa shape index (κ1) is 24.3. The molecule has 184 valence electrons. The van der Waals surface area contributed by atoms with E-state index < -0.39 is 42.0 Å². The van der Waals surface area contributed by atoms with E-state index in [1.165, 1.54) is 18.7 Å². The largest absolute Gasteiger partial charge is 0.480 e. The number of carbonyl (C=O) groups excluding carboxylic acids is 3.